The van der Waals surface area contributed by atoms with Crippen LogP contribution in [0.15, 0.2) is 60.7 Å². The maximum atomic E-state index is 11.0. The van der Waals surface area contributed by atoms with E-state index in [1.54, 1.807) is 0 Å². The minimum Gasteiger partial charge on any atom is -0.481 e. The molecule has 0 saturated carbocycles. The third-order valence-electron chi connectivity index (χ3n) is 3.02. The second-order valence-corrected chi connectivity index (χ2v) is 4.40. The van der Waals surface area contributed by atoms with Gasteiger partial charge in [-0.15, -0.1) is 0 Å². The Morgan fingerprint density at radius 2 is 1.50 bits per heavy atom. The van der Waals surface area contributed by atoms with Crippen LogP contribution in [0.25, 0.3) is 0 Å². The van der Waals surface area contributed by atoms with Crippen molar-refractivity contribution in [2.75, 3.05) is 0 Å². The molecule has 0 spiro atoms. The van der Waals surface area contributed by atoms with Gasteiger partial charge in [-0.2, -0.15) is 0 Å². The number of aliphatic carboxylic acids is 1. The maximum Gasteiger partial charge on any atom is 0.303 e. The predicted molar refractivity (Wildman–Crippen MR) is 71.6 cm³/mol. The van der Waals surface area contributed by atoms with Crippen LogP contribution in [0.3, 0.4) is 0 Å². The molecule has 2 heteroatoms. The van der Waals surface area contributed by atoms with Crippen molar-refractivity contribution in [1.82, 2.24) is 0 Å². The highest BCUT2D eigenvalue weighted by molar-refractivity contribution is 5.68. The highest BCUT2D eigenvalue weighted by atomic mass is 16.4. The summed E-state index contributed by atoms with van der Waals surface area (Å²) in [4.78, 5) is 11.0. The summed E-state index contributed by atoms with van der Waals surface area (Å²) in [5.74, 6) is -0.717. The van der Waals surface area contributed by atoms with E-state index in [-0.39, 0.29) is 12.3 Å². The summed E-state index contributed by atoms with van der Waals surface area (Å²) in [6.45, 7) is 0. The van der Waals surface area contributed by atoms with Crippen molar-refractivity contribution in [2.45, 2.75) is 18.8 Å². The topological polar surface area (TPSA) is 37.3 Å². The van der Waals surface area contributed by atoms with E-state index in [0.29, 0.717) is 0 Å². The number of carboxylic acids is 1. The quantitative estimate of drug-likeness (QED) is 0.868. The monoisotopic (exact) mass is 240 g/mol. The number of rotatable bonds is 5. The fourth-order valence-electron chi connectivity index (χ4n) is 2.14. The maximum absolute atomic E-state index is 11.0. The second kappa shape index (κ2) is 6.01. The van der Waals surface area contributed by atoms with Gasteiger partial charge in [0.1, 0.15) is 0 Å². The van der Waals surface area contributed by atoms with Crippen LogP contribution in [0.5, 0.6) is 0 Å². The lowest BCUT2D eigenvalue weighted by Crippen LogP contribution is -2.09. The fourth-order valence-corrected chi connectivity index (χ4v) is 2.14. The summed E-state index contributed by atoms with van der Waals surface area (Å²) < 4.78 is 0. The minimum atomic E-state index is -0.750. The Labute approximate surface area is 107 Å². The lowest BCUT2D eigenvalue weighted by Gasteiger charge is -2.15. The highest BCUT2D eigenvalue weighted by Crippen LogP contribution is 2.24. The molecule has 0 amide bonds. The van der Waals surface area contributed by atoms with E-state index in [4.69, 9.17) is 5.11 Å². The molecule has 2 aromatic carbocycles. The van der Waals surface area contributed by atoms with Crippen LogP contribution < -0.4 is 0 Å². The molecule has 0 aliphatic carbocycles. The predicted octanol–water partition coefficient (Wildman–Crippen LogP) is 3.49. The number of carbonyl (C=O) groups is 1. The Morgan fingerprint density at radius 1 is 0.944 bits per heavy atom. The molecule has 0 heterocycles. The highest BCUT2D eigenvalue weighted by Gasteiger charge is 2.15. The molecule has 92 valence electrons. The molecule has 1 atom stereocenters. The summed E-state index contributed by atoms with van der Waals surface area (Å²) in [5, 5.41) is 9.02. The summed E-state index contributed by atoms with van der Waals surface area (Å²) in [6.07, 6.45) is 0.927. The van der Waals surface area contributed by atoms with Crippen molar-refractivity contribution in [3.8, 4) is 0 Å². The Bertz CT molecular complexity index is 491. The smallest absolute Gasteiger partial charge is 0.303 e. The first-order chi connectivity index (χ1) is 8.75. The van der Waals surface area contributed by atoms with Gasteiger partial charge in [0, 0.05) is 0 Å². The fraction of sp³-hybridized carbons (Fsp3) is 0.188. The summed E-state index contributed by atoms with van der Waals surface area (Å²) in [7, 11) is 0. The molecule has 2 aromatic rings. The van der Waals surface area contributed by atoms with Gasteiger partial charge < -0.3 is 5.11 Å². The van der Waals surface area contributed by atoms with Crippen molar-refractivity contribution < 1.29 is 9.90 Å². The number of hydrogen-bond acceptors (Lipinski definition) is 1. The second-order valence-electron chi connectivity index (χ2n) is 4.40. The van der Waals surface area contributed by atoms with E-state index in [1.807, 2.05) is 60.7 Å². The van der Waals surface area contributed by atoms with E-state index in [9.17, 15) is 4.79 Å². The minimum absolute atomic E-state index is 0.0334. The molecule has 0 bridgehead atoms. The normalized spacial score (nSPS) is 12.0. The average Bonchev–Trinajstić information content (AvgIpc) is 2.40. The van der Waals surface area contributed by atoms with Crippen LogP contribution in [0.1, 0.15) is 23.5 Å². The molecular weight excluding hydrogens is 224 g/mol. The molecule has 0 radical (unpaired) electrons. The Morgan fingerprint density at radius 3 is 2.06 bits per heavy atom. The number of benzene rings is 2. The molecule has 2 nitrogen and oxygen atoms in total. The SMILES string of the molecule is O=C(O)CC(Cc1ccccc1)c1ccccc1. The standard InChI is InChI=1S/C16H16O2/c17-16(18)12-15(14-9-5-2-6-10-14)11-13-7-3-1-4-8-13/h1-10,15H,11-12H2,(H,17,18). The Kier molecular flexibility index (Phi) is 4.13. The van der Waals surface area contributed by atoms with Crippen LogP contribution in [-0.2, 0) is 11.2 Å². The van der Waals surface area contributed by atoms with Crippen LogP contribution in [-0.4, -0.2) is 11.1 Å². The number of carboxylic acid groups (broad SMARTS) is 1. The molecule has 0 aromatic heterocycles. The van der Waals surface area contributed by atoms with Crippen LogP contribution in [0, 0.1) is 0 Å². The van der Waals surface area contributed by atoms with Gasteiger partial charge in [0.05, 0.1) is 6.42 Å². The van der Waals surface area contributed by atoms with Gasteiger partial charge in [0.15, 0.2) is 0 Å². The summed E-state index contributed by atoms with van der Waals surface area (Å²) in [5.41, 5.74) is 2.26. The molecular formula is C16H16O2. The molecule has 0 aliphatic rings. The zero-order valence-corrected chi connectivity index (χ0v) is 10.1. The van der Waals surface area contributed by atoms with E-state index in [0.717, 1.165) is 12.0 Å². The lowest BCUT2D eigenvalue weighted by molar-refractivity contribution is -0.137. The first-order valence-corrected chi connectivity index (χ1v) is 6.06. The van der Waals surface area contributed by atoms with E-state index in [1.165, 1.54) is 5.56 Å². The van der Waals surface area contributed by atoms with Gasteiger partial charge in [-0.1, -0.05) is 60.7 Å². The van der Waals surface area contributed by atoms with Gasteiger partial charge in [-0.25, -0.2) is 0 Å². The van der Waals surface area contributed by atoms with Crippen molar-refractivity contribution >= 4 is 5.97 Å². The first-order valence-electron chi connectivity index (χ1n) is 6.06. The third kappa shape index (κ3) is 3.45. The van der Waals surface area contributed by atoms with E-state index in [2.05, 4.69) is 0 Å². The van der Waals surface area contributed by atoms with Crippen molar-refractivity contribution in [1.29, 1.82) is 0 Å². The summed E-state index contributed by atoms with van der Waals surface area (Å²) >= 11 is 0. The Hall–Kier alpha value is -2.09. The van der Waals surface area contributed by atoms with Crippen LogP contribution in [0.4, 0.5) is 0 Å². The van der Waals surface area contributed by atoms with E-state index >= 15 is 0 Å². The largest absolute Gasteiger partial charge is 0.481 e. The zero-order valence-electron chi connectivity index (χ0n) is 10.1. The zero-order chi connectivity index (χ0) is 12.8. The van der Waals surface area contributed by atoms with Crippen molar-refractivity contribution in [3.63, 3.8) is 0 Å². The van der Waals surface area contributed by atoms with Gasteiger partial charge in [0.25, 0.3) is 0 Å². The van der Waals surface area contributed by atoms with Crippen LogP contribution in [0.2, 0.25) is 0 Å². The van der Waals surface area contributed by atoms with Crippen molar-refractivity contribution in [2.24, 2.45) is 0 Å². The summed E-state index contributed by atoms with van der Waals surface area (Å²) in [6, 6.07) is 19.9. The molecule has 1 unspecified atom stereocenters. The molecule has 0 saturated heterocycles. The van der Waals surface area contributed by atoms with Crippen molar-refractivity contribution in [3.05, 3.63) is 71.8 Å². The third-order valence-corrected chi connectivity index (χ3v) is 3.02. The van der Waals surface area contributed by atoms with Gasteiger partial charge in [-0.3, -0.25) is 4.79 Å². The first kappa shape index (κ1) is 12.4. The Balaban J connectivity index is 2.18. The molecule has 2 rings (SSSR count). The molecule has 18 heavy (non-hydrogen) atoms. The average molecular weight is 240 g/mol. The van der Waals surface area contributed by atoms with Gasteiger partial charge in [-0.05, 0) is 23.5 Å². The number of hydrogen-bond donors (Lipinski definition) is 1. The molecule has 0 fully saturated rings. The van der Waals surface area contributed by atoms with Gasteiger partial charge in [0.2, 0.25) is 0 Å². The lowest BCUT2D eigenvalue weighted by atomic mass is 9.89. The molecule has 0 aliphatic heterocycles. The van der Waals surface area contributed by atoms with Crippen LogP contribution >= 0.6 is 0 Å². The molecule has 1 N–H and O–H groups in total. The van der Waals surface area contributed by atoms with E-state index < -0.39 is 5.97 Å². The van der Waals surface area contributed by atoms with Gasteiger partial charge >= 0.3 is 5.97 Å².